The van der Waals surface area contributed by atoms with Gasteiger partial charge in [0.2, 0.25) is 0 Å². The van der Waals surface area contributed by atoms with Gasteiger partial charge >= 0.3 is 5.97 Å². The molecule has 44 valence electrons. The Balaban J connectivity index is 2.73. The third kappa shape index (κ3) is 0.956. The van der Waals surface area contributed by atoms with Crippen molar-refractivity contribution in [2.45, 2.75) is 5.56 Å². The number of ether oxygens (including phenoxy) is 1. The van der Waals surface area contributed by atoms with E-state index in [0.29, 0.717) is 0 Å². The first-order valence-corrected chi connectivity index (χ1v) is 2.74. The van der Waals surface area contributed by atoms with E-state index < -0.39 is 11.5 Å². The average Bonchev–Trinajstić information content (AvgIpc) is 1.85. The maximum atomic E-state index is 10.3. The zero-order valence-electron chi connectivity index (χ0n) is 3.73. The highest BCUT2D eigenvalue weighted by Crippen LogP contribution is 2.18. The molecule has 1 heterocycles. The summed E-state index contributed by atoms with van der Waals surface area (Å²) < 4.78 is 4.38. The molecule has 0 radical (unpaired) electrons. The fourth-order valence-electron chi connectivity index (χ4n) is 0.376. The van der Waals surface area contributed by atoms with Gasteiger partial charge in [0.1, 0.15) is 5.03 Å². The first-order valence-electron chi connectivity index (χ1n) is 1.92. The Labute approximate surface area is 56.0 Å². The number of cyclic esters (lactones) is 1. The van der Waals surface area contributed by atoms with Crippen LogP contribution in [-0.2, 0) is 9.53 Å². The van der Waals surface area contributed by atoms with E-state index in [1.54, 1.807) is 0 Å². The summed E-state index contributed by atoms with van der Waals surface area (Å²) in [6, 6.07) is 0. The molecule has 2 nitrogen and oxygen atoms in total. The molecular formula is C4H2Cl2O2. The van der Waals surface area contributed by atoms with Crippen LogP contribution in [0.1, 0.15) is 0 Å². The summed E-state index contributed by atoms with van der Waals surface area (Å²) >= 11 is 10.6. The summed E-state index contributed by atoms with van der Waals surface area (Å²) in [4.78, 5) is 10.3. The minimum absolute atomic E-state index is 0.0602. The van der Waals surface area contributed by atoms with E-state index in [4.69, 9.17) is 23.2 Å². The lowest BCUT2D eigenvalue weighted by Crippen LogP contribution is -1.99. The number of carbonyl (C=O) groups is 1. The van der Waals surface area contributed by atoms with E-state index in [-0.39, 0.29) is 5.03 Å². The molecule has 4 heteroatoms. The number of rotatable bonds is 0. The van der Waals surface area contributed by atoms with E-state index in [2.05, 4.69) is 4.74 Å². The summed E-state index contributed by atoms with van der Waals surface area (Å²) in [5.41, 5.74) is -0.671. The third-order valence-electron chi connectivity index (χ3n) is 0.692. The Kier molecular flexibility index (Phi) is 1.45. The van der Waals surface area contributed by atoms with Gasteiger partial charge in [-0.15, -0.1) is 0 Å². The molecule has 0 spiro atoms. The van der Waals surface area contributed by atoms with Crippen molar-refractivity contribution in [1.29, 1.82) is 0 Å². The molecule has 1 unspecified atom stereocenters. The van der Waals surface area contributed by atoms with Crippen LogP contribution in [0.3, 0.4) is 0 Å². The van der Waals surface area contributed by atoms with Gasteiger partial charge in [-0.05, 0) is 6.08 Å². The summed E-state index contributed by atoms with van der Waals surface area (Å²) in [5.74, 6) is -0.549. The van der Waals surface area contributed by atoms with Gasteiger partial charge in [0.15, 0.2) is 5.56 Å². The normalized spacial score (nSPS) is 27.5. The molecule has 1 aliphatic heterocycles. The molecule has 1 aliphatic rings. The Hall–Kier alpha value is -0.210. The first-order chi connectivity index (χ1) is 3.70. The minimum atomic E-state index is -0.671. The van der Waals surface area contributed by atoms with Crippen LogP contribution in [0.25, 0.3) is 0 Å². The van der Waals surface area contributed by atoms with Crippen molar-refractivity contribution in [2.75, 3.05) is 0 Å². The molecule has 0 aromatic heterocycles. The van der Waals surface area contributed by atoms with Crippen LogP contribution in [0.4, 0.5) is 0 Å². The number of esters is 1. The van der Waals surface area contributed by atoms with Crippen LogP contribution in [0.2, 0.25) is 0 Å². The Morgan fingerprint density at radius 2 is 2.38 bits per heavy atom. The molecule has 0 bridgehead atoms. The SMILES string of the molecule is O=C1OC(Cl)C=C1Cl. The molecular weight excluding hydrogens is 151 g/mol. The maximum absolute atomic E-state index is 10.3. The van der Waals surface area contributed by atoms with Gasteiger partial charge in [-0.25, -0.2) is 4.79 Å². The van der Waals surface area contributed by atoms with Gasteiger partial charge < -0.3 is 4.74 Å². The molecule has 0 aliphatic carbocycles. The van der Waals surface area contributed by atoms with Crippen molar-refractivity contribution in [3.8, 4) is 0 Å². The number of alkyl halides is 1. The zero-order valence-corrected chi connectivity index (χ0v) is 5.24. The summed E-state index contributed by atoms with van der Waals surface area (Å²) in [7, 11) is 0. The predicted molar refractivity (Wildman–Crippen MR) is 29.7 cm³/mol. The second-order valence-corrected chi connectivity index (χ2v) is 2.11. The molecule has 0 N–H and O–H groups in total. The van der Waals surface area contributed by atoms with Crippen molar-refractivity contribution in [1.82, 2.24) is 0 Å². The zero-order chi connectivity index (χ0) is 6.15. The number of hydrogen-bond acceptors (Lipinski definition) is 2. The molecule has 1 atom stereocenters. The third-order valence-corrected chi connectivity index (χ3v) is 1.19. The quantitative estimate of drug-likeness (QED) is 0.386. The van der Waals surface area contributed by atoms with E-state index in [9.17, 15) is 4.79 Å². The van der Waals surface area contributed by atoms with E-state index >= 15 is 0 Å². The Morgan fingerprint density at radius 3 is 2.50 bits per heavy atom. The Morgan fingerprint density at radius 1 is 1.75 bits per heavy atom. The van der Waals surface area contributed by atoms with Gasteiger partial charge in [0.25, 0.3) is 0 Å². The van der Waals surface area contributed by atoms with Crippen molar-refractivity contribution in [3.63, 3.8) is 0 Å². The van der Waals surface area contributed by atoms with Gasteiger partial charge in [0, 0.05) is 0 Å². The maximum Gasteiger partial charge on any atom is 0.351 e. The van der Waals surface area contributed by atoms with Crippen molar-refractivity contribution < 1.29 is 9.53 Å². The predicted octanol–water partition coefficient (Wildman–Crippen LogP) is 1.23. The molecule has 1 rings (SSSR count). The summed E-state index contributed by atoms with van der Waals surface area (Å²) in [5, 5.41) is 0.0602. The second kappa shape index (κ2) is 1.96. The Bertz CT molecular complexity index is 152. The van der Waals surface area contributed by atoms with Crippen molar-refractivity contribution >= 4 is 29.2 Å². The highest BCUT2D eigenvalue weighted by Gasteiger charge is 2.21. The lowest BCUT2D eigenvalue weighted by molar-refractivity contribution is -0.136. The van der Waals surface area contributed by atoms with Crippen LogP contribution in [0.15, 0.2) is 11.1 Å². The molecule has 8 heavy (non-hydrogen) atoms. The van der Waals surface area contributed by atoms with Gasteiger partial charge in [-0.2, -0.15) is 0 Å². The van der Waals surface area contributed by atoms with Gasteiger partial charge in [0.05, 0.1) is 0 Å². The highest BCUT2D eigenvalue weighted by molar-refractivity contribution is 6.43. The number of halogens is 2. The molecule has 0 amide bonds. The van der Waals surface area contributed by atoms with Crippen molar-refractivity contribution in [3.05, 3.63) is 11.1 Å². The monoisotopic (exact) mass is 152 g/mol. The fraction of sp³-hybridized carbons (Fsp3) is 0.250. The molecule has 0 aromatic rings. The van der Waals surface area contributed by atoms with E-state index in [1.807, 2.05) is 0 Å². The van der Waals surface area contributed by atoms with Crippen LogP contribution in [0.5, 0.6) is 0 Å². The van der Waals surface area contributed by atoms with Crippen LogP contribution >= 0.6 is 23.2 Å². The fourth-order valence-corrected chi connectivity index (χ4v) is 0.806. The van der Waals surface area contributed by atoms with E-state index in [0.717, 1.165) is 0 Å². The van der Waals surface area contributed by atoms with Crippen LogP contribution < -0.4 is 0 Å². The largest absolute Gasteiger partial charge is 0.438 e. The lowest BCUT2D eigenvalue weighted by Gasteiger charge is -1.92. The van der Waals surface area contributed by atoms with Gasteiger partial charge in [-0.3, -0.25) is 0 Å². The number of hydrogen-bond donors (Lipinski definition) is 0. The second-order valence-electron chi connectivity index (χ2n) is 1.27. The standard InChI is InChI=1S/C4H2Cl2O2/c5-2-1-3(6)8-4(2)7/h1,3H. The molecule has 0 saturated carbocycles. The first kappa shape index (κ1) is 5.92. The van der Waals surface area contributed by atoms with Crippen molar-refractivity contribution in [2.24, 2.45) is 0 Å². The minimum Gasteiger partial charge on any atom is -0.438 e. The molecule has 0 aromatic carbocycles. The lowest BCUT2D eigenvalue weighted by atomic mass is 10.6. The summed E-state index contributed by atoms with van der Waals surface area (Å²) in [6.45, 7) is 0. The smallest absolute Gasteiger partial charge is 0.351 e. The molecule has 0 saturated heterocycles. The van der Waals surface area contributed by atoms with E-state index in [1.165, 1.54) is 6.08 Å². The number of carbonyl (C=O) groups excluding carboxylic acids is 1. The highest BCUT2D eigenvalue weighted by atomic mass is 35.5. The van der Waals surface area contributed by atoms with Gasteiger partial charge in [-0.1, -0.05) is 23.2 Å². The van der Waals surface area contributed by atoms with Crippen LogP contribution in [-0.4, -0.2) is 11.5 Å². The molecule has 0 fully saturated rings. The average molecular weight is 153 g/mol. The van der Waals surface area contributed by atoms with Crippen LogP contribution in [0, 0.1) is 0 Å². The summed E-state index contributed by atoms with van der Waals surface area (Å²) in [6.07, 6.45) is 1.34. The topological polar surface area (TPSA) is 26.3 Å².